The van der Waals surface area contributed by atoms with Crippen molar-refractivity contribution in [2.75, 3.05) is 0 Å². The predicted molar refractivity (Wildman–Crippen MR) is 59.0 cm³/mol. The van der Waals surface area contributed by atoms with Crippen molar-refractivity contribution in [1.29, 1.82) is 5.26 Å². The molecule has 0 atom stereocenters. The second-order valence-electron chi connectivity index (χ2n) is 3.21. The van der Waals surface area contributed by atoms with E-state index in [0.717, 1.165) is 5.56 Å². The molecular formula is C11H8F3NO2S. The van der Waals surface area contributed by atoms with Gasteiger partial charge in [0.25, 0.3) is 0 Å². The molecule has 0 aliphatic carbocycles. The van der Waals surface area contributed by atoms with Crippen LogP contribution in [-0.2, 0) is 9.12 Å². The number of rotatable bonds is 5. The fraction of sp³-hybridized carbons (Fsp3) is 0.182. The molecule has 0 aromatic heterocycles. The van der Waals surface area contributed by atoms with Crippen LogP contribution >= 0.6 is 12.0 Å². The first-order chi connectivity index (χ1) is 8.49. The molecule has 0 spiro atoms. The second-order valence-corrected chi connectivity index (χ2v) is 4.02. The lowest BCUT2D eigenvalue weighted by molar-refractivity contribution is -0.341. The second kappa shape index (κ2) is 6.33. The van der Waals surface area contributed by atoms with Gasteiger partial charge in [0.2, 0.25) is 5.76 Å². The zero-order valence-electron chi connectivity index (χ0n) is 9.19. The molecule has 0 heterocycles. The molecule has 0 radical (unpaired) electrons. The number of nitrogens with zero attached hydrogens (tertiary/aromatic N) is 1. The summed E-state index contributed by atoms with van der Waals surface area (Å²) in [6.07, 6.45) is -3.91. The summed E-state index contributed by atoms with van der Waals surface area (Å²) in [7, 11) is 0. The van der Waals surface area contributed by atoms with Gasteiger partial charge in [0.05, 0.1) is 24.2 Å². The smallest absolute Gasteiger partial charge is 0.415 e. The molecule has 0 aliphatic heterocycles. The van der Waals surface area contributed by atoms with Crippen molar-refractivity contribution in [2.45, 2.75) is 17.9 Å². The third-order valence-electron chi connectivity index (χ3n) is 1.83. The normalized spacial score (nSPS) is 12.1. The van der Waals surface area contributed by atoms with Crippen LogP contribution in [0.5, 0.6) is 0 Å². The number of alkyl halides is 2. The molecule has 0 aliphatic rings. The zero-order chi connectivity index (χ0) is 13.6. The Bertz CT molecular complexity index is 468. The first-order valence-corrected chi connectivity index (χ1v) is 5.43. The quantitative estimate of drug-likeness (QED) is 0.464. The van der Waals surface area contributed by atoms with Crippen LogP contribution in [-0.4, -0.2) is 6.11 Å². The molecule has 1 aromatic rings. The number of hydrogen-bond acceptors (Lipinski definition) is 4. The molecule has 1 aromatic carbocycles. The van der Waals surface area contributed by atoms with Crippen molar-refractivity contribution in [3.05, 3.63) is 41.7 Å². The highest BCUT2D eigenvalue weighted by Crippen LogP contribution is 2.32. The van der Waals surface area contributed by atoms with Gasteiger partial charge in [0.15, 0.2) is 0 Å². The Morgan fingerprint density at radius 2 is 2.00 bits per heavy atom. The summed E-state index contributed by atoms with van der Waals surface area (Å²) in [5.41, 5.74) is 0.990. The van der Waals surface area contributed by atoms with E-state index in [0.29, 0.717) is 23.0 Å². The minimum atomic E-state index is -4.28. The van der Waals surface area contributed by atoms with E-state index in [1.54, 1.807) is 24.3 Å². The summed E-state index contributed by atoms with van der Waals surface area (Å²) in [6.45, 7) is 1.86. The highest BCUT2D eigenvalue weighted by molar-refractivity contribution is 7.94. The van der Waals surface area contributed by atoms with Crippen LogP contribution in [0.3, 0.4) is 0 Å². The Morgan fingerprint density at radius 3 is 2.50 bits per heavy atom. The lowest BCUT2D eigenvalue weighted by atomic mass is 10.2. The van der Waals surface area contributed by atoms with Gasteiger partial charge < -0.3 is 4.18 Å². The van der Waals surface area contributed by atoms with Crippen molar-refractivity contribution in [3.8, 4) is 6.07 Å². The monoisotopic (exact) mass is 275 g/mol. The maximum atomic E-state index is 12.8. The minimum absolute atomic E-state index is 0.376. The number of halogens is 3. The largest absolute Gasteiger partial charge is 0.447 e. The molecule has 0 N–H and O–H groups in total. The average molecular weight is 275 g/mol. The summed E-state index contributed by atoms with van der Waals surface area (Å²) in [6, 6.07) is 8.11. The molecule has 0 saturated carbocycles. The van der Waals surface area contributed by atoms with Gasteiger partial charge in [-0.1, -0.05) is 17.7 Å². The highest BCUT2D eigenvalue weighted by Gasteiger charge is 2.40. The van der Waals surface area contributed by atoms with E-state index in [2.05, 4.69) is 9.12 Å². The Morgan fingerprint density at radius 1 is 1.39 bits per heavy atom. The van der Waals surface area contributed by atoms with E-state index < -0.39 is 11.9 Å². The van der Waals surface area contributed by atoms with Gasteiger partial charge in [-0.2, -0.15) is 14.0 Å². The molecule has 1 rings (SSSR count). The Kier molecular flexibility index (Phi) is 5.07. The first-order valence-electron chi connectivity index (χ1n) is 4.68. The Balaban J connectivity index is 2.73. The highest BCUT2D eigenvalue weighted by atomic mass is 32.2. The fourth-order valence-corrected chi connectivity index (χ4v) is 1.52. The summed E-state index contributed by atoms with van der Waals surface area (Å²) in [4.78, 5) is 3.00. The maximum absolute atomic E-state index is 12.8. The number of benzene rings is 1. The zero-order valence-corrected chi connectivity index (χ0v) is 10.0. The average Bonchev–Trinajstić information content (AvgIpc) is 2.36. The van der Waals surface area contributed by atoms with E-state index in [4.69, 9.17) is 5.26 Å². The van der Waals surface area contributed by atoms with E-state index in [-0.39, 0.29) is 0 Å². The van der Waals surface area contributed by atoms with Crippen LogP contribution in [0.15, 0.2) is 41.0 Å². The van der Waals surface area contributed by atoms with Crippen LogP contribution in [0.25, 0.3) is 0 Å². The third-order valence-corrected chi connectivity index (χ3v) is 2.56. The fourth-order valence-electron chi connectivity index (χ4n) is 0.940. The Hall–Kier alpha value is -1.65. The van der Waals surface area contributed by atoms with Crippen molar-refractivity contribution >= 4 is 12.0 Å². The van der Waals surface area contributed by atoms with Crippen LogP contribution in [0.2, 0.25) is 0 Å². The van der Waals surface area contributed by atoms with E-state index in [9.17, 15) is 13.3 Å². The lowest BCUT2D eigenvalue weighted by Gasteiger charge is -2.13. The number of aryl methyl sites for hydroxylation is 1. The molecule has 0 fully saturated rings. The van der Waals surface area contributed by atoms with Gasteiger partial charge >= 0.3 is 6.11 Å². The standard InChI is InChI=1S/C11H8F3NO2S/c1-8-2-4-9(5-3-8)18-16-10(6-7-15)11(12,13)17-14/h2-6H,1H3/b10-6-. The molecule has 0 unspecified atom stereocenters. The molecule has 3 nitrogen and oxygen atoms in total. The molecule has 96 valence electrons. The number of nitriles is 1. The van der Waals surface area contributed by atoms with Gasteiger partial charge in [-0.15, -0.1) is 4.94 Å². The predicted octanol–water partition coefficient (Wildman–Crippen LogP) is 3.92. The summed E-state index contributed by atoms with van der Waals surface area (Å²) in [5, 5.41) is 8.30. The van der Waals surface area contributed by atoms with Crippen molar-refractivity contribution in [2.24, 2.45) is 0 Å². The van der Waals surface area contributed by atoms with Gasteiger partial charge in [0, 0.05) is 4.90 Å². The molecule has 18 heavy (non-hydrogen) atoms. The van der Waals surface area contributed by atoms with Crippen LogP contribution in [0.4, 0.5) is 13.3 Å². The van der Waals surface area contributed by atoms with Crippen LogP contribution in [0, 0.1) is 18.3 Å². The van der Waals surface area contributed by atoms with Gasteiger partial charge in [0.1, 0.15) is 0 Å². The Labute approximate surface area is 106 Å². The van der Waals surface area contributed by atoms with Crippen molar-refractivity contribution in [1.82, 2.24) is 0 Å². The molecule has 0 amide bonds. The maximum Gasteiger partial charge on any atom is 0.447 e. The van der Waals surface area contributed by atoms with E-state index in [1.807, 2.05) is 6.92 Å². The summed E-state index contributed by atoms with van der Waals surface area (Å²) in [5.74, 6) is -1.21. The minimum Gasteiger partial charge on any atom is -0.415 e. The molecular weight excluding hydrogens is 267 g/mol. The van der Waals surface area contributed by atoms with Crippen LogP contribution in [0.1, 0.15) is 5.56 Å². The SMILES string of the molecule is Cc1ccc(SO/C(=C\C#N)C(F)(F)OF)cc1. The first kappa shape index (κ1) is 14.4. The van der Waals surface area contributed by atoms with E-state index >= 15 is 0 Å². The van der Waals surface area contributed by atoms with E-state index in [1.165, 1.54) is 6.07 Å². The van der Waals surface area contributed by atoms with Crippen molar-refractivity contribution < 1.29 is 22.4 Å². The summed E-state index contributed by atoms with van der Waals surface area (Å²) >= 11 is 0.573. The molecule has 0 bridgehead atoms. The van der Waals surface area contributed by atoms with Gasteiger partial charge in [-0.05, 0) is 23.6 Å². The van der Waals surface area contributed by atoms with Gasteiger partial charge in [-0.25, -0.2) is 0 Å². The molecule has 7 heteroatoms. The lowest BCUT2D eigenvalue weighted by Crippen LogP contribution is -2.20. The molecule has 0 saturated heterocycles. The van der Waals surface area contributed by atoms with Crippen molar-refractivity contribution in [3.63, 3.8) is 0 Å². The number of hydrogen-bond donors (Lipinski definition) is 0. The number of allylic oxidation sites excluding steroid dienone is 1. The van der Waals surface area contributed by atoms with Gasteiger partial charge in [-0.3, -0.25) is 0 Å². The third kappa shape index (κ3) is 3.98. The topological polar surface area (TPSA) is 42.2 Å². The van der Waals surface area contributed by atoms with Crippen LogP contribution < -0.4 is 0 Å². The summed E-state index contributed by atoms with van der Waals surface area (Å²) < 4.78 is 41.9.